The highest BCUT2D eigenvalue weighted by Gasteiger charge is 2.49. The van der Waals surface area contributed by atoms with Gasteiger partial charge in [-0.05, 0) is 64.7 Å². The molecule has 0 bridgehead atoms. The van der Waals surface area contributed by atoms with Crippen molar-refractivity contribution in [2.45, 2.75) is 66.9 Å². The van der Waals surface area contributed by atoms with E-state index in [4.69, 9.17) is 9.47 Å². The van der Waals surface area contributed by atoms with E-state index in [1.165, 1.54) is 0 Å². The molecule has 27 heavy (non-hydrogen) atoms. The van der Waals surface area contributed by atoms with Crippen LogP contribution in [0.1, 0.15) is 60.8 Å². The number of fused-ring (bicyclic) bond motifs is 1. The summed E-state index contributed by atoms with van der Waals surface area (Å²) in [5, 5.41) is 0. The van der Waals surface area contributed by atoms with Gasteiger partial charge in [0.2, 0.25) is 0 Å². The number of esters is 2. The van der Waals surface area contributed by atoms with E-state index >= 15 is 0 Å². The van der Waals surface area contributed by atoms with Crippen LogP contribution in [0.5, 0.6) is 0 Å². The molecule has 1 saturated carbocycles. The van der Waals surface area contributed by atoms with E-state index in [2.05, 4.69) is 31.2 Å². The van der Waals surface area contributed by atoms with E-state index < -0.39 is 5.41 Å². The number of carbonyl (C=O) groups is 2. The summed E-state index contributed by atoms with van der Waals surface area (Å²) in [6.07, 6.45) is 10.9. The lowest BCUT2D eigenvalue weighted by Gasteiger charge is -2.46. The molecule has 4 nitrogen and oxygen atoms in total. The lowest BCUT2D eigenvalue weighted by molar-refractivity contribution is -0.175. The summed E-state index contributed by atoms with van der Waals surface area (Å²) in [7, 11) is 0. The highest BCUT2D eigenvalue weighted by molar-refractivity contribution is 5.76. The standard InChI is InChI=1S/C23H36O4/c1-7-10-16-13-17-12-11-15(4)19(21(24)26-9-3)20(17)18(14-16)27-22(25)23(5,6)8-2/h7,10-12,15-20H,8-9,13-14H2,1-6H3/b10-7+/t15-,16-,17-,18-,19-,20+/m0/s1. The van der Waals surface area contributed by atoms with E-state index in [1.54, 1.807) is 0 Å². The minimum atomic E-state index is -0.515. The first kappa shape index (κ1) is 21.7. The fourth-order valence-electron chi connectivity index (χ4n) is 4.43. The fourth-order valence-corrected chi connectivity index (χ4v) is 4.43. The first-order valence-corrected chi connectivity index (χ1v) is 10.4. The largest absolute Gasteiger partial charge is 0.466 e. The molecule has 0 aliphatic heterocycles. The maximum Gasteiger partial charge on any atom is 0.311 e. The smallest absolute Gasteiger partial charge is 0.311 e. The van der Waals surface area contributed by atoms with Gasteiger partial charge in [-0.1, -0.05) is 38.2 Å². The van der Waals surface area contributed by atoms with Crippen molar-refractivity contribution in [3.63, 3.8) is 0 Å². The molecule has 0 N–H and O–H groups in total. The number of ether oxygens (including phenoxy) is 2. The lowest BCUT2D eigenvalue weighted by Crippen LogP contribution is -2.49. The van der Waals surface area contributed by atoms with E-state index in [1.807, 2.05) is 34.6 Å². The Balaban J connectivity index is 2.34. The van der Waals surface area contributed by atoms with E-state index in [-0.39, 0.29) is 41.7 Å². The minimum Gasteiger partial charge on any atom is -0.466 e. The van der Waals surface area contributed by atoms with Crippen LogP contribution in [0.25, 0.3) is 0 Å². The van der Waals surface area contributed by atoms with E-state index in [9.17, 15) is 9.59 Å². The maximum absolute atomic E-state index is 12.8. The molecule has 152 valence electrons. The lowest BCUT2D eigenvalue weighted by atomic mass is 9.61. The number of hydrogen-bond donors (Lipinski definition) is 0. The van der Waals surface area contributed by atoms with E-state index in [0.29, 0.717) is 12.5 Å². The predicted octanol–water partition coefficient (Wildman–Crippen LogP) is 4.94. The van der Waals surface area contributed by atoms with Gasteiger partial charge >= 0.3 is 11.9 Å². The van der Waals surface area contributed by atoms with Crippen molar-refractivity contribution < 1.29 is 19.1 Å². The van der Waals surface area contributed by atoms with Crippen molar-refractivity contribution in [2.75, 3.05) is 6.61 Å². The number of rotatable bonds is 6. The first-order valence-electron chi connectivity index (χ1n) is 10.4. The van der Waals surface area contributed by atoms with Crippen LogP contribution in [0.3, 0.4) is 0 Å². The molecule has 0 saturated heterocycles. The molecule has 0 heterocycles. The van der Waals surface area contributed by atoms with Crippen LogP contribution in [0, 0.1) is 35.0 Å². The minimum absolute atomic E-state index is 0.0119. The van der Waals surface area contributed by atoms with Crippen LogP contribution >= 0.6 is 0 Å². The van der Waals surface area contributed by atoms with Gasteiger partial charge < -0.3 is 9.47 Å². The molecule has 6 atom stereocenters. The third-order valence-corrected chi connectivity index (χ3v) is 6.39. The van der Waals surface area contributed by atoms with Crippen LogP contribution in [0.2, 0.25) is 0 Å². The van der Waals surface area contributed by atoms with Gasteiger partial charge in [-0.25, -0.2) is 0 Å². The molecule has 0 unspecified atom stereocenters. The number of carbonyl (C=O) groups excluding carboxylic acids is 2. The zero-order valence-corrected chi connectivity index (χ0v) is 17.7. The molecular weight excluding hydrogens is 340 g/mol. The van der Waals surface area contributed by atoms with Crippen molar-refractivity contribution in [3.05, 3.63) is 24.3 Å². The van der Waals surface area contributed by atoms with Gasteiger partial charge in [0, 0.05) is 5.92 Å². The zero-order valence-electron chi connectivity index (χ0n) is 17.7. The molecule has 0 aromatic rings. The summed E-state index contributed by atoms with van der Waals surface area (Å²) in [4.78, 5) is 25.6. The molecule has 0 radical (unpaired) electrons. The SMILES string of the molecule is C/C=C/[C@@H]1C[C@H](OC(=O)C(C)(C)CC)[C@@H]2[C@@H](C(=O)OCC)[C@@H](C)C=C[C@H]2C1. The molecule has 0 amide bonds. The molecule has 2 aliphatic rings. The average Bonchev–Trinajstić information content (AvgIpc) is 2.62. The van der Waals surface area contributed by atoms with Gasteiger partial charge in [0.15, 0.2) is 0 Å². The van der Waals surface area contributed by atoms with Crippen LogP contribution in [0.15, 0.2) is 24.3 Å². The Labute approximate surface area is 164 Å². The maximum atomic E-state index is 12.8. The molecule has 2 aliphatic carbocycles. The van der Waals surface area contributed by atoms with Gasteiger partial charge in [0.25, 0.3) is 0 Å². The summed E-state index contributed by atoms with van der Waals surface area (Å²) in [6, 6.07) is 0. The molecule has 0 aromatic heterocycles. The topological polar surface area (TPSA) is 52.6 Å². The van der Waals surface area contributed by atoms with Gasteiger partial charge in [-0.15, -0.1) is 0 Å². The Kier molecular flexibility index (Phi) is 7.30. The van der Waals surface area contributed by atoms with Crippen molar-refractivity contribution >= 4 is 11.9 Å². The molecule has 0 spiro atoms. The van der Waals surface area contributed by atoms with Gasteiger partial charge in [0.1, 0.15) is 6.10 Å². The molecular formula is C23H36O4. The summed E-state index contributed by atoms with van der Waals surface area (Å²) in [5.74, 6) is 0.0808. The average molecular weight is 377 g/mol. The Morgan fingerprint density at radius 2 is 1.89 bits per heavy atom. The Morgan fingerprint density at radius 1 is 1.19 bits per heavy atom. The summed E-state index contributed by atoms with van der Waals surface area (Å²) < 4.78 is 11.5. The Bertz CT molecular complexity index is 589. The first-order chi connectivity index (χ1) is 12.7. The second kappa shape index (κ2) is 9.07. The van der Waals surface area contributed by atoms with Crippen molar-refractivity contribution in [1.29, 1.82) is 0 Å². The third-order valence-electron chi connectivity index (χ3n) is 6.39. The van der Waals surface area contributed by atoms with Gasteiger partial charge in [-0.3, -0.25) is 9.59 Å². The van der Waals surface area contributed by atoms with Crippen molar-refractivity contribution in [1.82, 2.24) is 0 Å². The quantitative estimate of drug-likeness (QED) is 0.487. The van der Waals surface area contributed by atoms with Crippen LogP contribution in [-0.4, -0.2) is 24.6 Å². The summed E-state index contributed by atoms with van der Waals surface area (Å²) in [5.41, 5.74) is -0.515. The van der Waals surface area contributed by atoms with Crippen LogP contribution < -0.4 is 0 Å². The second-order valence-electron chi connectivity index (χ2n) is 8.70. The van der Waals surface area contributed by atoms with Crippen LogP contribution in [0.4, 0.5) is 0 Å². The third kappa shape index (κ3) is 4.83. The van der Waals surface area contributed by atoms with Gasteiger partial charge in [-0.2, -0.15) is 0 Å². The van der Waals surface area contributed by atoms with Crippen molar-refractivity contribution in [2.24, 2.45) is 35.0 Å². The summed E-state index contributed by atoms with van der Waals surface area (Å²) in [6.45, 7) is 12.1. The highest BCUT2D eigenvalue weighted by Crippen LogP contribution is 2.47. The molecule has 1 fully saturated rings. The molecule has 0 aromatic carbocycles. The highest BCUT2D eigenvalue weighted by atomic mass is 16.5. The predicted molar refractivity (Wildman–Crippen MR) is 107 cm³/mol. The normalized spacial score (nSPS) is 33.6. The monoisotopic (exact) mass is 376 g/mol. The van der Waals surface area contributed by atoms with Crippen molar-refractivity contribution in [3.8, 4) is 0 Å². The second-order valence-corrected chi connectivity index (χ2v) is 8.70. The van der Waals surface area contributed by atoms with E-state index in [0.717, 1.165) is 19.3 Å². The Morgan fingerprint density at radius 3 is 2.48 bits per heavy atom. The molecule has 2 rings (SSSR count). The number of hydrogen-bond acceptors (Lipinski definition) is 4. The zero-order chi connectivity index (χ0) is 20.2. The summed E-state index contributed by atoms with van der Waals surface area (Å²) >= 11 is 0. The fraction of sp³-hybridized carbons (Fsp3) is 0.739. The molecule has 4 heteroatoms. The van der Waals surface area contributed by atoms with Crippen LogP contribution in [-0.2, 0) is 19.1 Å². The van der Waals surface area contributed by atoms with Gasteiger partial charge in [0.05, 0.1) is 17.9 Å². The Hall–Kier alpha value is -1.58. The number of allylic oxidation sites excluding steroid dienone is 4.